The van der Waals surface area contributed by atoms with Crippen molar-refractivity contribution in [2.45, 2.75) is 6.54 Å². The van der Waals surface area contributed by atoms with Crippen LogP contribution in [-0.4, -0.2) is 26.7 Å². The molecule has 72 valence electrons. The predicted molar refractivity (Wildman–Crippen MR) is 53.3 cm³/mol. The molecule has 5 heteroatoms. The lowest BCUT2D eigenvalue weighted by atomic mass is 10.3. The number of Topliss-reactive ketones (excluding diaryl/α,β-unsaturated/α-hetero) is 1. The second-order valence-electron chi connectivity index (χ2n) is 2.91. The zero-order valence-corrected chi connectivity index (χ0v) is 8.11. The van der Waals surface area contributed by atoms with Gasteiger partial charge in [0.1, 0.15) is 12.1 Å². The van der Waals surface area contributed by atoms with Gasteiger partial charge in [-0.1, -0.05) is 17.3 Å². The Hall–Kier alpha value is -1.42. The summed E-state index contributed by atoms with van der Waals surface area (Å²) in [7, 11) is 0. The Morgan fingerprint density at radius 3 is 3.00 bits per heavy atom. The van der Waals surface area contributed by atoms with Crippen molar-refractivity contribution in [3.8, 4) is 0 Å². The molecule has 0 atom stereocenters. The Bertz CT molecular complexity index is 466. The number of halogens is 1. The first-order valence-electron chi connectivity index (χ1n) is 4.17. The van der Waals surface area contributed by atoms with Crippen molar-refractivity contribution >= 4 is 28.4 Å². The Morgan fingerprint density at radius 2 is 2.21 bits per heavy atom. The molecular formula is C9H8ClN3O. The molecule has 1 aromatic carbocycles. The summed E-state index contributed by atoms with van der Waals surface area (Å²) in [6.07, 6.45) is 0. The van der Waals surface area contributed by atoms with Gasteiger partial charge in [-0.05, 0) is 12.1 Å². The van der Waals surface area contributed by atoms with E-state index < -0.39 is 0 Å². The number of carbonyl (C=O) groups is 1. The van der Waals surface area contributed by atoms with E-state index in [4.69, 9.17) is 11.6 Å². The van der Waals surface area contributed by atoms with Gasteiger partial charge in [-0.25, -0.2) is 4.68 Å². The number of fused-ring (bicyclic) bond motifs is 1. The van der Waals surface area contributed by atoms with Crippen LogP contribution in [0.5, 0.6) is 0 Å². The summed E-state index contributed by atoms with van der Waals surface area (Å²) in [5.41, 5.74) is 1.64. The molecule has 1 aromatic heterocycles. The maximum Gasteiger partial charge on any atom is 0.169 e. The van der Waals surface area contributed by atoms with Gasteiger partial charge in [-0.2, -0.15) is 0 Å². The average molecular weight is 210 g/mol. The minimum Gasteiger partial charge on any atom is -0.296 e. The standard InChI is InChI=1S/C9H8ClN3O/c10-5-7(14)6-13-9-4-2-1-3-8(9)11-12-13/h1-4H,5-6H2. The third kappa shape index (κ3) is 1.61. The molecule has 14 heavy (non-hydrogen) atoms. The van der Waals surface area contributed by atoms with Crippen LogP contribution in [0.1, 0.15) is 0 Å². The molecule has 0 amide bonds. The Balaban J connectivity index is 2.38. The van der Waals surface area contributed by atoms with E-state index in [0.29, 0.717) is 0 Å². The largest absolute Gasteiger partial charge is 0.296 e. The highest BCUT2D eigenvalue weighted by molar-refractivity contribution is 6.27. The van der Waals surface area contributed by atoms with Gasteiger partial charge >= 0.3 is 0 Å². The third-order valence-electron chi connectivity index (χ3n) is 1.90. The van der Waals surface area contributed by atoms with Crippen molar-refractivity contribution in [2.24, 2.45) is 0 Å². The van der Waals surface area contributed by atoms with Gasteiger partial charge < -0.3 is 0 Å². The van der Waals surface area contributed by atoms with E-state index in [0.717, 1.165) is 11.0 Å². The summed E-state index contributed by atoms with van der Waals surface area (Å²) < 4.78 is 1.56. The van der Waals surface area contributed by atoms with Crippen molar-refractivity contribution in [2.75, 3.05) is 5.88 Å². The Kier molecular flexibility index (Phi) is 2.45. The molecule has 0 bridgehead atoms. The molecule has 0 spiro atoms. The fraction of sp³-hybridized carbons (Fsp3) is 0.222. The fourth-order valence-electron chi connectivity index (χ4n) is 1.24. The summed E-state index contributed by atoms with van der Waals surface area (Å²) >= 11 is 5.41. The highest BCUT2D eigenvalue weighted by atomic mass is 35.5. The fourth-order valence-corrected chi connectivity index (χ4v) is 1.33. The lowest BCUT2D eigenvalue weighted by Crippen LogP contribution is -2.12. The summed E-state index contributed by atoms with van der Waals surface area (Å²) in [4.78, 5) is 11.1. The molecule has 2 aromatic rings. The third-order valence-corrected chi connectivity index (χ3v) is 2.19. The molecule has 0 fully saturated rings. The molecule has 0 N–H and O–H groups in total. The van der Waals surface area contributed by atoms with Crippen LogP contribution in [0.4, 0.5) is 0 Å². The van der Waals surface area contributed by atoms with Crippen molar-refractivity contribution in [3.63, 3.8) is 0 Å². The van der Waals surface area contributed by atoms with Crippen LogP contribution >= 0.6 is 11.6 Å². The maximum atomic E-state index is 11.1. The van der Waals surface area contributed by atoms with Crippen LogP contribution in [0.15, 0.2) is 24.3 Å². The maximum absolute atomic E-state index is 11.1. The smallest absolute Gasteiger partial charge is 0.169 e. The van der Waals surface area contributed by atoms with Gasteiger partial charge in [0.05, 0.1) is 11.4 Å². The summed E-state index contributed by atoms with van der Waals surface area (Å²) in [5.74, 6) is -0.0592. The number of rotatable bonds is 3. The molecule has 0 saturated heterocycles. The van der Waals surface area contributed by atoms with Gasteiger partial charge in [-0.15, -0.1) is 16.7 Å². The van der Waals surface area contributed by atoms with Crippen molar-refractivity contribution < 1.29 is 4.79 Å². The molecule has 0 aliphatic rings. The van der Waals surface area contributed by atoms with Crippen LogP contribution in [0.25, 0.3) is 11.0 Å². The van der Waals surface area contributed by atoms with Crippen LogP contribution in [0.2, 0.25) is 0 Å². The Morgan fingerprint density at radius 1 is 1.43 bits per heavy atom. The summed E-state index contributed by atoms with van der Waals surface area (Å²) in [5, 5.41) is 7.79. The van der Waals surface area contributed by atoms with Crippen LogP contribution < -0.4 is 0 Å². The molecule has 0 aliphatic heterocycles. The van der Waals surface area contributed by atoms with E-state index in [1.807, 2.05) is 24.3 Å². The summed E-state index contributed by atoms with van der Waals surface area (Å²) in [6.45, 7) is 0.185. The Labute approximate surface area is 85.5 Å². The summed E-state index contributed by atoms with van der Waals surface area (Å²) in [6, 6.07) is 7.49. The van der Waals surface area contributed by atoms with Crippen LogP contribution in [0.3, 0.4) is 0 Å². The van der Waals surface area contributed by atoms with Gasteiger partial charge in [0.25, 0.3) is 0 Å². The molecule has 0 saturated carbocycles. The second kappa shape index (κ2) is 3.75. The van der Waals surface area contributed by atoms with Gasteiger partial charge in [0, 0.05) is 0 Å². The number of nitrogens with zero attached hydrogens (tertiary/aromatic N) is 3. The van der Waals surface area contributed by atoms with Gasteiger partial charge in [-0.3, -0.25) is 4.79 Å². The van der Waals surface area contributed by atoms with Crippen molar-refractivity contribution in [1.82, 2.24) is 15.0 Å². The normalized spacial score (nSPS) is 10.6. The number of carbonyl (C=O) groups excluding carboxylic acids is 1. The molecular weight excluding hydrogens is 202 g/mol. The molecule has 0 aliphatic carbocycles. The van der Waals surface area contributed by atoms with E-state index in [1.165, 1.54) is 0 Å². The first kappa shape index (κ1) is 9.15. The topological polar surface area (TPSA) is 47.8 Å². The molecule has 0 unspecified atom stereocenters. The monoisotopic (exact) mass is 209 g/mol. The molecule has 4 nitrogen and oxygen atoms in total. The number of hydrogen-bond donors (Lipinski definition) is 0. The number of aromatic nitrogens is 3. The average Bonchev–Trinajstić information content (AvgIpc) is 2.62. The second-order valence-corrected chi connectivity index (χ2v) is 3.18. The van der Waals surface area contributed by atoms with E-state index in [1.54, 1.807) is 4.68 Å². The zero-order chi connectivity index (χ0) is 9.97. The lowest BCUT2D eigenvalue weighted by molar-refractivity contribution is -0.117. The van der Waals surface area contributed by atoms with Crippen molar-refractivity contribution in [3.05, 3.63) is 24.3 Å². The highest BCUT2D eigenvalue weighted by Gasteiger charge is 2.06. The highest BCUT2D eigenvalue weighted by Crippen LogP contribution is 2.09. The van der Waals surface area contributed by atoms with Gasteiger partial charge in [0.15, 0.2) is 5.78 Å². The minimum absolute atomic E-state index is 0.00812. The predicted octanol–water partition coefficient (Wildman–Crippen LogP) is 1.24. The van der Waals surface area contributed by atoms with E-state index >= 15 is 0 Å². The number of hydrogen-bond acceptors (Lipinski definition) is 3. The van der Waals surface area contributed by atoms with E-state index in [2.05, 4.69) is 10.3 Å². The van der Waals surface area contributed by atoms with E-state index in [9.17, 15) is 4.79 Å². The molecule has 2 rings (SSSR count). The number of benzene rings is 1. The quantitative estimate of drug-likeness (QED) is 0.715. The van der Waals surface area contributed by atoms with Crippen molar-refractivity contribution in [1.29, 1.82) is 0 Å². The van der Waals surface area contributed by atoms with E-state index in [-0.39, 0.29) is 18.2 Å². The first-order valence-corrected chi connectivity index (χ1v) is 4.70. The number of ketones is 1. The van der Waals surface area contributed by atoms with Crippen LogP contribution in [0, 0.1) is 0 Å². The number of para-hydroxylation sites is 1. The van der Waals surface area contributed by atoms with Crippen LogP contribution in [-0.2, 0) is 11.3 Å². The zero-order valence-electron chi connectivity index (χ0n) is 7.35. The first-order chi connectivity index (χ1) is 6.81. The minimum atomic E-state index is -0.0673. The molecule has 0 radical (unpaired) electrons. The lowest BCUT2D eigenvalue weighted by Gasteiger charge is -1.97. The number of alkyl halides is 1. The SMILES string of the molecule is O=C(CCl)Cn1nnc2ccccc21. The van der Waals surface area contributed by atoms with Gasteiger partial charge in [0.2, 0.25) is 0 Å². The molecule has 1 heterocycles.